The Hall–Kier alpha value is -1.22. The minimum Gasteiger partial charge on any atom is -0.354 e. The van der Waals surface area contributed by atoms with E-state index in [-0.39, 0.29) is 12.3 Å². The number of ether oxygens (including phenoxy) is 1. The Morgan fingerprint density at radius 3 is 2.47 bits per heavy atom. The predicted octanol–water partition coefficient (Wildman–Crippen LogP) is 2.53. The van der Waals surface area contributed by atoms with Crippen LogP contribution in [0.15, 0.2) is 28.8 Å². The average Bonchev–Trinajstić information content (AvgIpc) is 2.17. The van der Waals surface area contributed by atoms with E-state index in [1.54, 1.807) is 24.4 Å². The molecule has 0 aromatic carbocycles. The second-order valence-electron chi connectivity index (χ2n) is 3.35. The van der Waals surface area contributed by atoms with E-state index in [4.69, 9.17) is 4.74 Å². The average molecular weight is 209 g/mol. The van der Waals surface area contributed by atoms with Crippen LogP contribution in [-0.2, 0) is 9.53 Å². The third kappa shape index (κ3) is 7.82. The molecular weight excluding hydrogens is 190 g/mol. The zero-order valence-corrected chi connectivity index (χ0v) is 9.81. The van der Waals surface area contributed by atoms with E-state index in [2.05, 4.69) is 4.99 Å². The monoisotopic (exact) mass is 209 g/mol. The van der Waals surface area contributed by atoms with Crippen molar-refractivity contribution in [2.75, 3.05) is 0 Å². The molecule has 0 bridgehead atoms. The molecule has 84 valence electrons. The number of carbonyl (C=O) groups excluding carboxylic acids is 1. The maximum Gasteiger partial charge on any atom is 0.149 e. The van der Waals surface area contributed by atoms with E-state index in [1.807, 2.05) is 27.7 Å². The molecule has 1 unspecified atom stereocenters. The molecule has 0 aromatic heterocycles. The van der Waals surface area contributed by atoms with Gasteiger partial charge in [0.05, 0.1) is 6.10 Å². The van der Waals surface area contributed by atoms with Crippen LogP contribution in [0.25, 0.3) is 0 Å². The summed E-state index contributed by atoms with van der Waals surface area (Å²) in [4.78, 5) is 14.5. The third-order valence-corrected chi connectivity index (χ3v) is 1.61. The van der Waals surface area contributed by atoms with E-state index in [0.717, 1.165) is 6.29 Å². The number of carbonyl (C=O) groups is 1. The second kappa shape index (κ2) is 8.12. The van der Waals surface area contributed by atoms with E-state index >= 15 is 0 Å². The summed E-state index contributed by atoms with van der Waals surface area (Å²) in [6.07, 6.45) is 7.63. The summed E-state index contributed by atoms with van der Waals surface area (Å²) in [6.45, 7) is 7.62. The van der Waals surface area contributed by atoms with E-state index < -0.39 is 0 Å². The minimum atomic E-state index is -0.153. The number of hydrogen-bond donors (Lipinski definition) is 0. The van der Waals surface area contributed by atoms with Crippen LogP contribution in [0.2, 0.25) is 0 Å². The SMILES string of the molecule is C\C=C(C=O)/C=C\C=N\C(C)OC(C)C. The minimum absolute atomic E-state index is 0.153. The largest absolute Gasteiger partial charge is 0.354 e. The molecule has 3 nitrogen and oxygen atoms in total. The van der Waals surface area contributed by atoms with Crippen molar-refractivity contribution in [2.24, 2.45) is 4.99 Å². The summed E-state index contributed by atoms with van der Waals surface area (Å²) in [5.74, 6) is 0. The summed E-state index contributed by atoms with van der Waals surface area (Å²) in [5.41, 5.74) is 0.638. The lowest BCUT2D eigenvalue weighted by Gasteiger charge is -2.10. The number of hydrogen-bond acceptors (Lipinski definition) is 3. The standard InChI is InChI=1S/C12H19NO2/c1-5-12(9-14)7-6-8-13-11(4)15-10(2)3/h5-11H,1-4H3/b7-6-,12-5+,13-8+. The first-order chi connectivity index (χ1) is 7.10. The predicted molar refractivity (Wildman–Crippen MR) is 63.1 cm³/mol. The Bertz CT molecular complexity index is 265. The second-order valence-corrected chi connectivity index (χ2v) is 3.35. The van der Waals surface area contributed by atoms with Gasteiger partial charge in [-0.25, -0.2) is 0 Å². The van der Waals surface area contributed by atoms with Gasteiger partial charge in [-0.3, -0.25) is 9.79 Å². The van der Waals surface area contributed by atoms with Crippen molar-refractivity contribution < 1.29 is 9.53 Å². The molecule has 0 fully saturated rings. The van der Waals surface area contributed by atoms with Crippen molar-refractivity contribution in [3.63, 3.8) is 0 Å². The van der Waals surface area contributed by atoms with E-state index in [1.165, 1.54) is 0 Å². The number of aldehydes is 1. The molecule has 0 saturated heterocycles. The van der Waals surface area contributed by atoms with Gasteiger partial charge in [0.25, 0.3) is 0 Å². The highest BCUT2D eigenvalue weighted by Crippen LogP contribution is 1.97. The molecule has 0 aliphatic heterocycles. The highest BCUT2D eigenvalue weighted by atomic mass is 16.5. The molecule has 0 spiro atoms. The Labute approximate surface area is 91.5 Å². The summed E-state index contributed by atoms with van der Waals surface area (Å²) >= 11 is 0. The van der Waals surface area contributed by atoms with Gasteiger partial charge in [0.15, 0.2) is 0 Å². The van der Waals surface area contributed by atoms with Crippen molar-refractivity contribution in [2.45, 2.75) is 40.0 Å². The fourth-order valence-electron chi connectivity index (χ4n) is 0.958. The van der Waals surface area contributed by atoms with Crippen LogP contribution in [0.3, 0.4) is 0 Å². The Balaban J connectivity index is 4.03. The molecule has 0 radical (unpaired) electrons. The molecule has 0 heterocycles. The first-order valence-electron chi connectivity index (χ1n) is 5.07. The van der Waals surface area contributed by atoms with Crippen LogP contribution in [-0.4, -0.2) is 24.8 Å². The van der Waals surface area contributed by atoms with E-state index in [9.17, 15) is 4.79 Å². The van der Waals surface area contributed by atoms with Gasteiger partial charge >= 0.3 is 0 Å². The van der Waals surface area contributed by atoms with Gasteiger partial charge in [-0.2, -0.15) is 0 Å². The summed E-state index contributed by atoms with van der Waals surface area (Å²) < 4.78 is 5.39. The van der Waals surface area contributed by atoms with Crippen molar-refractivity contribution in [1.29, 1.82) is 0 Å². The van der Waals surface area contributed by atoms with Crippen molar-refractivity contribution >= 4 is 12.5 Å². The molecule has 0 aromatic rings. The van der Waals surface area contributed by atoms with Crippen LogP contribution >= 0.6 is 0 Å². The molecule has 3 heteroatoms. The Morgan fingerprint density at radius 2 is 2.00 bits per heavy atom. The lowest BCUT2D eigenvalue weighted by molar-refractivity contribution is -0.104. The van der Waals surface area contributed by atoms with Gasteiger partial charge < -0.3 is 4.74 Å². The molecule has 1 atom stereocenters. The first-order valence-corrected chi connectivity index (χ1v) is 5.07. The topological polar surface area (TPSA) is 38.7 Å². The van der Waals surface area contributed by atoms with Gasteiger partial charge in [0.1, 0.15) is 12.5 Å². The summed E-state index contributed by atoms with van der Waals surface area (Å²) in [5, 5.41) is 0. The molecule has 0 N–H and O–H groups in total. The van der Waals surface area contributed by atoms with Crippen LogP contribution < -0.4 is 0 Å². The van der Waals surface area contributed by atoms with Crippen LogP contribution in [0.5, 0.6) is 0 Å². The first kappa shape index (κ1) is 13.8. The molecule has 0 rings (SSSR count). The molecule has 0 aliphatic carbocycles. The highest BCUT2D eigenvalue weighted by molar-refractivity contribution is 5.81. The number of rotatable bonds is 6. The lowest BCUT2D eigenvalue weighted by Crippen LogP contribution is -2.11. The maximum absolute atomic E-state index is 10.4. The zero-order chi connectivity index (χ0) is 11.7. The van der Waals surface area contributed by atoms with Gasteiger partial charge in [-0.15, -0.1) is 0 Å². The summed E-state index contributed by atoms with van der Waals surface area (Å²) in [6, 6.07) is 0. The normalized spacial score (nSPS) is 15.4. The van der Waals surface area contributed by atoms with Crippen molar-refractivity contribution in [3.8, 4) is 0 Å². The van der Waals surface area contributed by atoms with Gasteiger partial charge in [0.2, 0.25) is 0 Å². The fraction of sp³-hybridized carbons (Fsp3) is 0.500. The molecule has 15 heavy (non-hydrogen) atoms. The van der Waals surface area contributed by atoms with Crippen molar-refractivity contribution in [1.82, 2.24) is 0 Å². The lowest BCUT2D eigenvalue weighted by atomic mass is 10.2. The highest BCUT2D eigenvalue weighted by Gasteiger charge is 1.98. The number of allylic oxidation sites excluding steroid dienone is 4. The smallest absolute Gasteiger partial charge is 0.149 e. The van der Waals surface area contributed by atoms with Gasteiger partial charge in [-0.1, -0.05) is 12.2 Å². The molecule has 0 saturated carbocycles. The number of nitrogens with zero attached hydrogens (tertiary/aromatic N) is 1. The van der Waals surface area contributed by atoms with Crippen LogP contribution in [0.4, 0.5) is 0 Å². The Morgan fingerprint density at radius 1 is 1.33 bits per heavy atom. The number of aliphatic imine (C=N–C) groups is 1. The van der Waals surface area contributed by atoms with E-state index in [0.29, 0.717) is 5.57 Å². The van der Waals surface area contributed by atoms with Gasteiger partial charge in [0, 0.05) is 11.8 Å². The molecule has 0 aliphatic rings. The zero-order valence-electron chi connectivity index (χ0n) is 9.81. The summed E-state index contributed by atoms with van der Waals surface area (Å²) in [7, 11) is 0. The molecular formula is C12H19NO2. The maximum atomic E-state index is 10.4. The quantitative estimate of drug-likeness (QED) is 0.292. The Kier molecular flexibility index (Phi) is 7.46. The van der Waals surface area contributed by atoms with Crippen molar-refractivity contribution in [3.05, 3.63) is 23.8 Å². The molecule has 0 amide bonds. The van der Waals surface area contributed by atoms with Crippen LogP contribution in [0, 0.1) is 0 Å². The van der Waals surface area contributed by atoms with Gasteiger partial charge in [-0.05, 0) is 33.8 Å². The van der Waals surface area contributed by atoms with Crippen LogP contribution in [0.1, 0.15) is 27.7 Å². The fourth-order valence-corrected chi connectivity index (χ4v) is 0.958. The third-order valence-electron chi connectivity index (χ3n) is 1.61.